The third kappa shape index (κ3) is 3.84. The largest absolute Gasteiger partial charge is 0.348 e. The molecule has 0 aromatic heterocycles. The van der Waals surface area contributed by atoms with Gasteiger partial charge in [-0.25, -0.2) is 0 Å². The third-order valence-electron chi connectivity index (χ3n) is 3.25. The number of amides is 1. The molecule has 2 rings (SSSR count). The molecule has 104 valence electrons. The molecule has 0 atom stereocenters. The molecule has 1 N–H and O–H groups in total. The number of benzene rings is 2. The molecule has 0 aliphatic carbocycles. The topological polar surface area (TPSA) is 29.1 Å². The van der Waals surface area contributed by atoms with Crippen LogP contribution in [0.5, 0.6) is 0 Å². The Morgan fingerprint density at radius 2 is 1.50 bits per heavy atom. The van der Waals surface area contributed by atoms with Crippen molar-refractivity contribution in [1.82, 2.24) is 5.32 Å². The van der Waals surface area contributed by atoms with Gasteiger partial charge in [-0.2, -0.15) is 0 Å². The van der Waals surface area contributed by atoms with E-state index in [1.54, 1.807) is 12.1 Å². The fourth-order valence-corrected chi connectivity index (χ4v) is 2.10. The van der Waals surface area contributed by atoms with Crippen LogP contribution in [0.15, 0.2) is 48.5 Å². The molecule has 2 nitrogen and oxygen atoms in total. The Hall–Kier alpha value is -1.80. The smallest absolute Gasteiger partial charge is 0.251 e. The minimum Gasteiger partial charge on any atom is -0.348 e. The van der Waals surface area contributed by atoms with E-state index in [1.807, 2.05) is 12.1 Å². The summed E-state index contributed by atoms with van der Waals surface area (Å²) in [5.41, 5.74) is 4.08. The SMILES string of the molecule is CCc1ccc(CNC(=O)c2ccc(CCl)cc2)cc1. The standard InChI is InChI=1S/C17H18ClNO/c1-2-13-3-5-15(6-4-13)12-19-17(20)16-9-7-14(11-18)8-10-16/h3-10H,2,11-12H2,1H3,(H,19,20). The van der Waals surface area contributed by atoms with E-state index in [9.17, 15) is 4.79 Å². The van der Waals surface area contributed by atoms with Crippen LogP contribution in [0.2, 0.25) is 0 Å². The molecule has 3 heteroatoms. The molecule has 0 heterocycles. The fraction of sp³-hybridized carbons (Fsp3) is 0.235. The molecular formula is C17H18ClNO. The molecule has 0 aliphatic heterocycles. The van der Waals surface area contributed by atoms with Crippen molar-refractivity contribution in [1.29, 1.82) is 0 Å². The highest BCUT2D eigenvalue weighted by atomic mass is 35.5. The van der Waals surface area contributed by atoms with E-state index >= 15 is 0 Å². The normalized spacial score (nSPS) is 10.3. The highest BCUT2D eigenvalue weighted by Gasteiger charge is 2.05. The van der Waals surface area contributed by atoms with Crippen LogP contribution >= 0.6 is 11.6 Å². The summed E-state index contributed by atoms with van der Waals surface area (Å²) < 4.78 is 0. The Balaban J connectivity index is 1.93. The maximum Gasteiger partial charge on any atom is 0.251 e. The van der Waals surface area contributed by atoms with Gasteiger partial charge in [0.15, 0.2) is 0 Å². The van der Waals surface area contributed by atoms with Gasteiger partial charge in [-0.3, -0.25) is 4.79 Å². The van der Waals surface area contributed by atoms with Crippen LogP contribution in [-0.2, 0) is 18.8 Å². The average Bonchev–Trinajstić information content (AvgIpc) is 2.53. The monoisotopic (exact) mass is 287 g/mol. The number of nitrogens with one attached hydrogen (secondary N) is 1. The van der Waals surface area contributed by atoms with Gasteiger partial charge < -0.3 is 5.32 Å². The summed E-state index contributed by atoms with van der Waals surface area (Å²) in [5, 5.41) is 2.92. The predicted molar refractivity (Wildman–Crippen MR) is 83.0 cm³/mol. The van der Waals surface area contributed by atoms with Gasteiger partial charge in [0.2, 0.25) is 0 Å². The first-order valence-electron chi connectivity index (χ1n) is 6.74. The minimum atomic E-state index is -0.0642. The molecule has 20 heavy (non-hydrogen) atoms. The number of halogens is 1. The summed E-state index contributed by atoms with van der Waals surface area (Å²) >= 11 is 5.72. The molecule has 0 saturated heterocycles. The number of hydrogen-bond donors (Lipinski definition) is 1. The second kappa shape index (κ2) is 7.11. The molecule has 0 fully saturated rings. The second-order valence-corrected chi connectivity index (χ2v) is 4.95. The van der Waals surface area contributed by atoms with Crippen LogP contribution in [0.4, 0.5) is 0 Å². The van der Waals surface area contributed by atoms with Gasteiger partial charge >= 0.3 is 0 Å². The maximum atomic E-state index is 12.0. The Morgan fingerprint density at radius 3 is 2.05 bits per heavy atom. The van der Waals surface area contributed by atoms with Gasteiger partial charge in [0, 0.05) is 18.0 Å². The summed E-state index contributed by atoms with van der Waals surface area (Å²) in [7, 11) is 0. The Kier molecular flexibility index (Phi) is 5.19. The Morgan fingerprint density at radius 1 is 0.950 bits per heavy atom. The van der Waals surface area contributed by atoms with Crippen LogP contribution in [0.25, 0.3) is 0 Å². The number of carbonyl (C=O) groups is 1. The molecule has 2 aromatic carbocycles. The zero-order valence-electron chi connectivity index (χ0n) is 11.5. The van der Waals surface area contributed by atoms with Gasteiger partial charge in [-0.1, -0.05) is 43.3 Å². The molecule has 2 aromatic rings. The first-order valence-corrected chi connectivity index (χ1v) is 7.27. The molecule has 0 unspecified atom stereocenters. The van der Waals surface area contributed by atoms with Gasteiger partial charge in [0.1, 0.15) is 0 Å². The van der Waals surface area contributed by atoms with E-state index in [0.717, 1.165) is 17.5 Å². The maximum absolute atomic E-state index is 12.0. The molecular weight excluding hydrogens is 270 g/mol. The summed E-state index contributed by atoms with van der Waals surface area (Å²) in [6.45, 7) is 2.67. The molecule has 1 amide bonds. The van der Waals surface area contributed by atoms with E-state index in [0.29, 0.717) is 18.0 Å². The molecule has 0 aliphatic rings. The predicted octanol–water partition coefficient (Wildman–Crippen LogP) is 3.92. The number of carbonyl (C=O) groups excluding carboxylic acids is 1. The summed E-state index contributed by atoms with van der Waals surface area (Å²) in [5.74, 6) is 0.400. The van der Waals surface area contributed by atoms with Gasteiger partial charge in [0.25, 0.3) is 5.91 Å². The van der Waals surface area contributed by atoms with Crippen LogP contribution < -0.4 is 5.32 Å². The van der Waals surface area contributed by atoms with Gasteiger partial charge in [-0.05, 0) is 35.2 Å². The van der Waals surface area contributed by atoms with Crippen LogP contribution in [0.1, 0.15) is 34.0 Å². The third-order valence-corrected chi connectivity index (χ3v) is 3.56. The minimum absolute atomic E-state index is 0.0642. The van der Waals surface area contributed by atoms with E-state index in [2.05, 4.69) is 36.5 Å². The molecule has 0 bridgehead atoms. The summed E-state index contributed by atoms with van der Waals surface area (Å²) in [4.78, 5) is 12.0. The first kappa shape index (κ1) is 14.6. The highest BCUT2D eigenvalue weighted by Crippen LogP contribution is 2.08. The van der Waals surface area contributed by atoms with Crippen molar-refractivity contribution in [3.8, 4) is 0 Å². The van der Waals surface area contributed by atoms with Crippen molar-refractivity contribution in [3.63, 3.8) is 0 Å². The Bertz CT molecular complexity index is 561. The van der Waals surface area contributed by atoms with Crippen LogP contribution in [0.3, 0.4) is 0 Å². The van der Waals surface area contributed by atoms with Crippen molar-refractivity contribution in [3.05, 3.63) is 70.8 Å². The van der Waals surface area contributed by atoms with E-state index in [1.165, 1.54) is 5.56 Å². The zero-order valence-corrected chi connectivity index (χ0v) is 12.3. The number of hydrogen-bond acceptors (Lipinski definition) is 1. The lowest BCUT2D eigenvalue weighted by Crippen LogP contribution is -2.22. The lowest BCUT2D eigenvalue weighted by molar-refractivity contribution is 0.0951. The average molecular weight is 288 g/mol. The Labute approximate surface area is 124 Å². The lowest BCUT2D eigenvalue weighted by Gasteiger charge is -2.06. The fourth-order valence-electron chi connectivity index (χ4n) is 1.92. The van der Waals surface area contributed by atoms with Crippen molar-refractivity contribution in [2.45, 2.75) is 25.8 Å². The van der Waals surface area contributed by atoms with Crippen molar-refractivity contribution >= 4 is 17.5 Å². The molecule has 0 radical (unpaired) electrons. The van der Waals surface area contributed by atoms with Crippen molar-refractivity contribution < 1.29 is 4.79 Å². The number of alkyl halides is 1. The first-order chi connectivity index (χ1) is 9.72. The molecule has 0 spiro atoms. The number of rotatable bonds is 5. The van der Waals surface area contributed by atoms with E-state index in [-0.39, 0.29) is 5.91 Å². The van der Waals surface area contributed by atoms with Crippen molar-refractivity contribution in [2.75, 3.05) is 0 Å². The van der Waals surface area contributed by atoms with Gasteiger partial charge in [0.05, 0.1) is 0 Å². The highest BCUT2D eigenvalue weighted by molar-refractivity contribution is 6.17. The van der Waals surface area contributed by atoms with Crippen LogP contribution in [0, 0.1) is 0 Å². The quantitative estimate of drug-likeness (QED) is 0.830. The zero-order chi connectivity index (χ0) is 14.4. The van der Waals surface area contributed by atoms with Crippen molar-refractivity contribution in [2.24, 2.45) is 0 Å². The van der Waals surface area contributed by atoms with Gasteiger partial charge in [-0.15, -0.1) is 11.6 Å². The lowest BCUT2D eigenvalue weighted by atomic mass is 10.1. The summed E-state index contributed by atoms with van der Waals surface area (Å²) in [6, 6.07) is 15.6. The van der Waals surface area contributed by atoms with E-state index < -0.39 is 0 Å². The molecule has 0 saturated carbocycles. The second-order valence-electron chi connectivity index (χ2n) is 4.68. The van der Waals surface area contributed by atoms with E-state index in [4.69, 9.17) is 11.6 Å². The van der Waals surface area contributed by atoms with Crippen LogP contribution in [-0.4, -0.2) is 5.91 Å². The number of aryl methyl sites for hydroxylation is 1. The summed E-state index contributed by atoms with van der Waals surface area (Å²) in [6.07, 6.45) is 1.03.